The van der Waals surface area contributed by atoms with Crippen LogP contribution in [0.5, 0.6) is 0 Å². The number of carbonyl (C=O) groups excluding carboxylic acids is 1. The molecule has 1 fully saturated rings. The van der Waals surface area contributed by atoms with Gasteiger partial charge in [0.2, 0.25) is 0 Å². The first-order chi connectivity index (χ1) is 9.25. The summed E-state index contributed by atoms with van der Waals surface area (Å²) >= 11 is 5.87. The Kier molecular flexibility index (Phi) is 3.38. The molecule has 5 nitrogen and oxygen atoms in total. The van der Waals surface area contributed by atoms with E-state index in [1.807, 2.05) is 4.90 Å². The lowest BCUT2D eigenvalue weighted by Gasteiger charge is -2.22. The van der Waals surface area contributed by atoms with Crippen molar-refractivity contribution in [3.8, 4) is 0 Å². The van der Waals surface area contributed by atoms with E-state index in [9.17, 15) is 4.79 Å². The van der Waals surface area contributed by atoms with Gasteiger partial charge in [-0.1, -0.05) is 11.6 Å². The quantitative estimate of drug-likeness (QED) is 0.776. The highest BCUT2D eigenvalue weighted by Gasteiger charge is 2.37. The first-order valence-corrected chi connectivity index (χ1v) is 6.71. The summed E-state index contributed by atoms with van der Waals surface area (Å²) in [6.07, 6.45) is 4.70. The Labute approximate surface area is 116 Å². The molecule has 2 aliphatic heterocycles. The number of halogens is 1. The second kappa shape index (κ2) is 5.17. The maximum Gasteiger partial charge on any atom is 0.251 e. The van der Waals surface area contributed by atoms with Crippen molar-refractivity contribution in [2.45, 2.75) is 25.0 Å². The highest BCUT2D eigenvalue weighted by Crippen LogP contribution is 2.29. The number of carbonyl (C=O) groups is 1. The van der Waals surface area contributed by atoms with E-state index < -0.39 is 12.1 Å². The second-order valence-electron chi connectivity index (χ2n) is 4.70. The van der Waals surface area contributed by atoms with E-state index in [1.165, 1.54) is 6.40 Å². The van der Waals surface area contributed by atoms with Gasteiger partial charge in [0.15, 0.2) is 18.5 Å². The predicted molar refractivity (Wildman–Crippen MR) is 71.2 cm³/mol. The molecule has 3 heterocycles. The van der Waals surface area contributed by atoms with E-state index >= 15 is 0 Å². The Bertz CT molecular complexity index is 514. The number of nitrogens with zero attached hydrogens (tertiary/aromatic N) is 3. The zero-order valence-corrected chi connectivity index (χ0v) is 11.1. The summed E-state index contributed by atoms with van der Waals surface area (Å²) in [6, 6.07) is 3.01. The molecule has 1 saturated heterocycles. The lowest BCUT2D eigenvalue weighted by atomic mass is 10.0. The molecule has 0 N–H and O–H groups in total. The Hall–Kier alpha value is -1.62. The lowest BCUT2D eigenvalue weighted by molar-refractivity contribution is -0.133. The van der Waals surface area contributed by atoms with Crippen molar-refractivity contribution in [1.29, 1.82) is 0 Å². The Morgan fingerprint density at radius 3 is 2.95 bits per heavy atom. The van der Waals surface area contributed by atoms with Gasteiger partial charge in [-0.05, 0) is 30.5 Å². The van der Waals surface area contributed by atoms with Crippen LogP contribution in [0.4, 0.5) is 0 Å². The average Bonchev–Trinajstić information content (AvgIpc) is 3.09. The maximum absolute atomic E-state index is 12.4. The number of aliphatic imine (C=N–C) groups is 1. The third-order valence-electron chi connectivity index (χ3n) is 3.47. The van der Waals surface area contributed by atoms with E-state index in [4.69, 9.17) is 16.3 Å². The SMILES string of the molecule is O=C([C@H]1N=CO[C@@H]1c1ccnc(Cl)c1)N1CCCC1. The molecule has 1 amide bonds. The summed E-state index contributed by atoms with van der Waals surface area (Å²) < 4.78 is 5.46. The van der Waals surface area contributed by atoms with Crippen molar-refractivity contribution in [2.24, 2.45) is 4.99 Å². The van der Waals surface area contributed by atoms with E-state index in [0.717, 1.165) is 31.5 Å². The number of hydrogen-bond acceptors (Lipinski definition) is 4. The first-order valence-electron chi connectivity index (χ1n) is 6.33. The fourth-order valence-corrected chi connectivity index (χ4v) is 2.67. The molecule has 100 valence electrons. The van der Waals surface area contributed by atoms with Crippen LogP contribution >= 0.6 is 11.6 Å². The number of ether oxygens (including phenoxy) is 1. The van der Waals surface area contributed by atoms with E-state index in [2.05, 4.69) is 9.98 Å². The number of rotatable bonds is 2. The molecule has 19 heavy (non-hydrogen) atoms. The smallest absolute Gasteiger partial charge is 0.251 e. The van der Waals surface area contributed by atoms with Crippen LogP contribution in [0.15, 0.2) is 23.3 Å². The monoisotopic (exact) mass is 279 g/mol. The van der Waals surface area contributed by atoms with E-state index in [1.54, 1.807) is 18.3 Å². The van der Waals surface area contributed by atoms with Crippen LogP contribution in [-0.4, -0.2) is 41.3 Å². The molecule has 6 heteroatoms. The minimum absolute atomic E-state index is 0.0317. The van der Waals surface area contributed by atoms with Gasteiger partial charge in [-0.15, -0.1) is 0 Å². The van der Waals surface area contributed by atoms with Crippen molar-refractivity contribution < 1.29 is 9.53 Å². The van der Waals surface area contributed by atoms with Crippen molar-refractivity contribution in [3.63, 3.8) is 0 Å². The minimum Gasteiger partial charge on any atom is -0.473 e. The van der Waals surface area contributed by atoms with Gasteiger partial charge in [-0.25, -0.2) is 9.98 Å². The summed E-state index contributed by atoms with van der Waals surface area (Å²) in [7, 11) is 0. The summed E-state index contributed by atoms with van der Waals surface area (Å²) in [5.74, 6) is 0.0317. The average molecular weight is 280 g/mol. The molecule has 0 spiro atoms. The largest absolute Gasteiger partial charge is 0.473 e. The summed E-state index contributed by atoms with van der Waals surface area (Å²) in [6.45, 7) is 1.63. The van der Waals surface area contributed by atoms with Gasteiger partial charge < -0.3 is 9.64 Å². The van der Waals surface area contributed by atoms with E-state index in [0.29, 0.717) is 5.15 Å². The van der Waals surface area contributed by atoms with Crippen LogP contribution < -0.4 is 0 Å². The van der Waals surface area contributed by atoms with Crippen LogP contribution in [0, 0.1) is 0 Å². The third-order valence-corrected chi connectivity index (χ3v) is 3.67. The van der Waals surface area contributed by atoms with Crippen LogP contribution in [0.3, 0.4) is 0 Å². The summed E-state index contributed by atoms with van der Waals surface area (Å²) in [4.78, 5) is 22.4. The molecule has 0 radical (unpaired) electrons. The summed E-state index contributed by atoms with van der Waals surface area (Å²) in [5.41, 5.74) is 0.829. The van der Waals surface area contributed by atoms with Gasteiger partial charge in [-0.3, -0.25) is 4.79 Å². The maximum atomic E-state index is 12.4. The molecule has 2 aliphatic rings. The minimum atomic E-state index is -0.503. The van der Waals surface area contributed by atoms with E-state index in [-0.39, 0.29) is 5.91 Å². The number of likely N-dealkylation sites (tertiary alicyclic amines) is 1. The molecule has 2 atom stereocenters. The van der Waals surface area contributed by atoms with Crippen molar-refractivity contribution in [2.75, 3.05) is 13.1 Å². The number of amides is 1. The Morgan fingerprint density at radius 1 is 1.42 bits per heavy atom. The molecule has 1 aromatic rings. The topological polar surface area (TPSA) is 54.8 Å². The van der Waals surface area contributed by atoms with Crippen molar-refractivity contribution >= 4 is 23.9 Å². The van der Waals surface area contributed by atoms with Crippen LogP contribution in [0.1, 0.15) is 24.5 Å². The van der Waals surface area contributed by atoms with Crippen molar-refractivity contribution in [3.05, 3.63) is 29.0 Å². The van der Waals surface area contributed by atoms with Gasteiger partial charge in [0.25, 0.3) is 5.91 Å². The fraction of sp³-hybridized carbons (Fsp3) is 0.462. The lowest BCUT2D eigenvalue weighted by Crippen LogP contribution is -2.38. The van der Waals surface area contributed by atoms with Crippen LogP contribution in [-0.2, 0) is 9.53 Å². The number of hydrogen-bond donors (Lipinski definition) is 0. The molecule has 0 unspecified atom stereocenters. The van der Waals surface area contributed by atoms with Gasteiger partial charge >= 0.3 is 0 Å². The standard InChI is InChI=1S/C13H14ClN3O2/c14-10-7-9(3-4-15-10)12-11(16-8-19-12)13(18)17-5-1-2-6-17/h3-4,7-8,11-12H,1-2,5-6H2/t11-,12+/m0/s1. The third kappa shape index (κ3) is 2.42. The Balaban J connectivity index is 1.80. The van der Waals surface area contributed by atoms with Crippen LogP contribution in [0.2, 0.25) is 5.15 Å². The highest BCUT2D eigenvalue weighted by molar-refractivity contribution is 6.29. The zero-order chi connectivity index (χ0) is 13.2. The second-order valence-corrected chi connectivity index (χ2v) is 5.09. The molecular formula is C13H14ClN3O2. The molecule has 0 saturated carbocycles. The Morgan fingerprint density at radius 2 is 2.21 bits per heavy atom. The van der Waals surface area contributed by atoms with Gasteiger partial charge in [0.1, 0.15) is 5.15 Å². The molecular weight excluding hydrogens is 266 g/mol. The highest BCUT2D eigenvalue weighted by atomic mass is 35.5. The molecule has 1 aromatic heterocycles. The number of aromatic nitrogens is 1. The van der Waals surface area contributed by atoms with Crippen molar-refractivity contribution in [1.82, 2.24) is 9.88 Å². The van der Waals surface area contributed by atoms with Gasteiger partial charge in [-0.2, -0.15) is 0 Å². The van der Waals surface area contributed by atoms with Crippen LogP contribution in [0.25, 0.3) is 0 Å². The predicted octanol–water partition coefficient (Wildman–Crippen LogP) is 1.83. The molecule has 0 bridgehead atoms. The number of pyridine rings is 1. The normalized spacial score (nSPS) is 25.6. The van der Waals surface area contributed by atoms with Gasteiger partial charge in [0, 0.05) is 19.3 Å². The molecule has 0 aromatic carbocycles. The summed E-state index contributed by atoms with van der Waals surface area (Å²) in [5, 5.41) is 0.389. The zero-order valence-electron chi connectivity index (χ0n) is 10.3. The fourth-order valence-electron chi connectivity index (χ4n) is 2.49. The molecule has 3 rings (SSSR count). The van der Waals surface area contributed by atoms with Gasteiger partial charge in [0.05, 0.1) is 0 Å². The molecule has 0 aliphatic carbocycles. The first kappa shape index (κ1) is 12.4.